The molecule has 0 heterocycles. The van der Waals surface area contributed by atoms with E-state index < -0.39 is 32.9 Å². The van der Waals surface area contributed by atoms with E-state index in [-0.39, 0.29) is 4.90 Å². The van der Waals surface area contributed by atoms with Gasteiger partial charge < -0.3 is 10.4 Å². The molecule has 0 saturated carbocycles. The average Bonchev–Trinajstić information content (AvgIpc) is 2.54. The second-order valence-electron chi connectivity index (χ2n) is 6.05. The lowest BCUT2D eigenvalue weighted by atomic mass is 10.1. The molecule has 0 radical (unpaired) electrons. The number of halogens is 1. The minimum absolute atomic E-state index is 0.191. The summed E-state index contributed by atoms with van der Waals surface area (Å²) in [4.78, 5) is 15.4. The van der Waals surface area contributed by atoms with Crippen molar-refractivity contribution in [2.24, 2.45) is 0 Å². The number of hydrogen-bond acceptors (Lipinski definition) is 4. The lowest BCUT2D eigenvalue weighted by Crippen LogP contribution is -2.45. The molecule has 1 amide bonds. The first kappa shape index (κ1) is 19.6. The van der Waals surface area contributed by atoms with Crippen LogP contribution in [-0.2, 0) is 14.6 Å². The smallest absolute Gasteiger partial charge is 0.257 e. The Hall–Kier alpha value is -2.76. The molecule has 2 aromatic carbocycles. The highest BCUT2D eigenvalue weighted by atomic mass is 32.2. The molecule has 26 heavy (non-hydrogen) atoms. The first-order valence-corrected chi connectivity index (χ1v) is 9.21. The van der Waals surface area contributed by atoms with Crippen molar-refractivity contribution in [3.05, 3.63) is 65.3 Å². The highest BCUT2D eigenvalue weighted by Gasteiger charge is 2.36. The molecule has 6 nitrogen and oxygen atoms in total. The standard InChI is InChI=1S/C18H17FN2O4S/c1-12-10-14(6-9-16(12)20-3)21-17(22)18(2,23)11-26(24,25)15-7-4-13(19)5-8-15/h4-10,23H,11H2,1-2H3,(H,21,22)/t18-/m0/s1. The van der Waals surface area contributed by atoms with E-state index in [4.69, 9.17) is 6.57 Å². The van der Waals surface area contributed by atoms with E-state index in [1.807, 2.05) is 0 Å². The predicted molar refractivity (Wildman–Crippen MR) is 95.1 cm³/mol. The third-order valence-corrected chi connectivity index (χ3v) is 5.64. The summed E-state index contributed by atoms with van der Waals surface area (Å²) in [5, 5.41) is 12.8. The van der Waals surface area contributed by atoms with Crippen molar-refractivity contribution in [1.82, 2.24) is 0 Å². The second-order valence-corrected chi connectivity index (χ2v) is 8.04. The Kier molecular flexibility index (Phi) is 5.44. The highest BCUT2D eigenvalue weighted by molar-refractivity contribution is 7.91. The number of hydrogen-bond donors (Lipinski definition) is 2. The number of nitrogens with one attached hydrogen (secondary N) is 1. The van der Waals surface area contributed by atoms with E-state index in [9.17, 15) is 22.7 Å². The fourth-order valence-electron chi connectivity index (χ4n) is 2.29. The quantitative estimate of drug-likeness (QED) is 0.620. The Morgan fingerprint density at radius 2 is 1.88 bits per heavy atom. The topological polar surface area (TPSA) is 87.8 Å². The molecule has 2 N–H and O–H groups in total. The largest absolute Gasteiger partial charge is 0.379 e. The third kappa shape index (κ3) is 4.45. The zero-order chi connectivity index (χ0) is 19.5. The van der Waals surface area contributed by atoms with Gasteiger partial charge in [0.25, 0.3) is 5.91 Å². The van der Waals surface area contributed by atoms with Crippen LogP contribution < -0.4 is 5.32 Å². The van der Waals surface area contributed by atoms with Crippen molar-refractivity contribution < 1.29 is 22.7 Å². The summed E-state index contributed by atoms with van der Waals surface area (Å²) in [6, 6.07) is 8.68. The molecule has 0 unspecified atom stereocenters. The van der Waals surface area contributed by atoms with Crippen LogP contribution in [0.15, 0.2) is 47.4 Å². The van der Waals surface area contributed by atoms with Gasteiger partial charge in [0.15, 0.2) is 21.1 Å². The number of nitrogens with zero attached hydrogens (tertiary/aromatic N) is 1. The Labute approximate surface area is 151 Å². The number of aliphatic hydroxyl groups is 1. The molecule has 8 heteroatoms. The Morgan fingerprint density at radius 1 is 1.27 bits per heavy atom. The monoisotopic (exact) mass is 376 g/mol. The van der Waals surface area contributed by atoms with Crippen molar-refractivity contribution >= 4 is 27.1 Å². The van der Waals surface area contributed by atoms with Crippen LogP contribution in [0.1, 0.15) is 12.5 Å². The fraction of sp³-hybridized carbons (Fsp3) is 0.222. The van der Waals surface area contributed by atoms with E-state index in [2.05, 4.69) is 10.2 Å². The number of carbonyl (C=O) groups excluding carboxylic acids is 1. The molecule has 0 aliphatic carbocycles. The molecule has 1 atom stereocenters. The number of carbonyl (C=O) groups is 1. The maximum Gasteiger partial charge on any atom is 0.257 e. The Bertz CT molecular complexity index is 977. The van der Waals surface area contributed by atoms with Gasteiger partial charge in [0.1, 0.15) is 5.82 Å². The van der Waals surface area contributed by atoms with E-state index in [1.165, 1.54) is 12.1 Å². The van der Waals surface area contributed by atoms with Crippen molar-refractivity contribution in [2.75, 3.05) is 11.1 Å². The highest BCUT2D eigenvalue weighted by Crippen LogP contribution is 2.24. The summed E-state index contributed by atoms with van der Waals surface area (Å²) in [6.07, 6.45) is 0. The molecule has 0 spiro atoms. The van der Waals surface area contributed by atoms with Crippen LogP contribution in [0.5, 0.6) is 0 Å². The number of benzene rings is 2. The molecule has 136 valence electrons. The van der Waals surface area contributed by atoms with Gasteiger partial charge in [-0.2, -0.15) is 0 Å². The van der Waals surface area contributed by atoms with Gasteiger partial charge in [0.2, 0.25) is 0 Å². The van der Waals surface area contributed by atoms with Crippen molar-refractivity contribution in [1.29, 1.82) is 0 Å². The van der Waals surface area contributed by atoms with Crippen molar-refractivity contribution in [3.63, 3.8) is 0 Å². The van der Waals surface area contributed by atoms with Gasteiger partial charge in [-0.3, -0.25) is 4.79 Å². The van der Waals surface area contributed by atoms with Crippen LogP contribution >= 0.6 is 0 Å². The van der Waals surface area contributed by atoms with Gasteiger partial charge >= 0.3 is 0 Å². The number of sulfone groups is 1. The second kappa shape index (κ2) is 7.23. The summed E-state index contributed by atoms with van der Waals surface area (Å²) in [7, 11) is -4.01. The van der Waals surface area contributed by atoms with Crippen LogP contribution in [0.2, 0.25) is 0 Å². The summed E-state index contributed by atoms with van der Waals surface area (Å²) in [5.41, 5.74) is -0.816. The molecule has 2 rings (SSSR count). The van der Waals surface area contributed by atoms with E-state index in [0.717, 1.165) is 31.2 Å². The summed E-state index contributed by atoms with van der Waals surface area (Å²) in [5.74, 6) is -2.36. The van der Waals surface area contributed by atoms with Gasteiger partial charge in [0.05, 0.1) is 17.2 Å². The van der Waals surface area contributed by atoms with Gasteiger partial charge in [0, 0.05) is 5.69 Å². The predicted octanol–water partition coefficient (Wildman–Crippen LogP) is 2.85. The molecule has 0 bridgehead atoms. The van der Waals surface area contributed by atoms with Crippen LogP contribution in [-0.4, -0.2) is 30.8 Å². The minimum atomic E-state index is -4.01. The minimum Gasteiger partial charge on any atom is -0.379 e. The van der Waals surface area contributed by atoms with Crippen LogP contribution in [0.3, 0.4) is 0 Å². The van der Waals surface area contributed by atoms with Crippen LogP contribution in [0, 0.1) is 19.3 Å². The van der Waals surface area contributed by atoms with Gasteiger partial charge in [-0.25, -0.2) is 17.7 Å². The molecule has 0 fully saturated rings. The van der Waals surface area contributed by atoms with E-state index in [0.29, 0.717) is 16.9 Å². The third-order valence-electron chi connectivity index (χ3n) is 3.71. The lowest BCUT2D eigenvalue weighted by Gasteiger charge is -2.22. The molecular weight excluding hydrogens is 359 g/mol. The molecule has 2 aromatic rings. The van der Waals surface area contributed by atoms with Crippen molar-refractivity contribution in [2.45, 2.75) is 24.3 Å². The van der Waals surface area contributed by atoms with Gasteiger partial charge in [-0.1, -0.05) is 6.07 Å². The number of anilines is 1. The van der Waals surface area contributed by atoms with Gasteiger partial charge in [-0.05, 0) is 55.8 Å². The first-order chi connectivity index (χ1) is 12.0. The zero-order valence-electron chi connectivity index (χ0n) is 14.2. The fourth-order valence-corrected chi connectivity index (χ4v) is 3.87. The van der Waals surface area contributed by atoms with Crippen LogP contribution in [0.4, 0.5) is 15.8 Å². The number of aryl methyl sites for hydroxylation is 1. The summed E-state index contributed by atoms with van der Waals surface area (Å²) >= 11 is 0. The number of amides is 1. The summed E-state index contributed by atoms with van der Waals surface area (Å²) in [6.45, 7) is 9.78. The average molecular weight is 376 g/mol. The van der Waals surface area contributed by atoms with Gasteiger partial charge in [-0.15, -0.1) is 0 Å². The molecule has 0 aliphatic heterocycles. The first-order valence-electron chi connectivity index (χ1n) is 7.55. The Morgan fingerprint density at radius 3 is 2.42 bits per heavy atom. The van der Waals surface area contributed by atoms with Crippen LogP contribution in [0.25, 0.3) is 4.85 Å². The SMILES string of the molecule is [C-]#[N+]c1ccc(NC(=O)[C@@](C)(O)CS(=O)(=O)c2ccc(F)cc2)cc1C. The maximum atomic E-state index is 12.9. The Balaban J connectivity index is 2.18. The van der Waals surface area contributed by atoms with Crippen molar-refractivity contribution in [3.8, 4) is 0 Å². The molecule has 0 aliphatic rings. The van der Waals surface area contributed by atoms with E-state index in [1.54, 1.807) is 13.0 Å². The number of rotatable bonds is 5. The maximum absolute atomic E-state index is 12.9. The normalized spacial score (nSPS) is 13.5. The molecule has 0 aromatic heterocycles. The lowest BCUT2D eigenvalue weighted by molar-refractivity contribution is -0.130. The molecule has 0 saturated heterocycles. The summed E-state index contributed by atoms with van der Waals surface area (Å²) < 4.78 is 37.7. The van der Waals surface area contributed by atoms with E-state index >= 15 is 0 Å². The molecular formula is C18H17FN2O4S. The zero-order valence-corrected chi connectivity index (χ0v) is 15.0.